The maximum Gasteiger partial charge on any atom is 0.272 e. The predicted molar refractivity (Wildman–Crippen MR) is 152 cm³/mol. The third-order valence-electron chi connectivity index (χ3n) is 6.72. The molecule has 0 aliphatic rings. The molecule has 0 fully saturated rings. The van der Waals surface area contributed by atoms with E-state index in [1.165, 1.54) is 0 Å². The van der Waals surface area contributed by atoms with E-state index in [1.54, 1.807) is 45.1 Å². The van der Waals surface area contributed by atoms with Crippen LogP contribution in [0.2, 0.25) is 0 Å². The van der Waals surface area contributed by atoms with Crippen LogP contribution in [0.3, 0.4) is 0 Å². The fourth-order valence-corrected chi connectivity index (χ4v) is 4.53. The quantitative estimate of drug-likeness (QED) is 0.270. The van der Waals surface area contributed by atoms with Gasteiger partial charge in [-0.25, -0.2) is 4.68 Å². The van der Waals surface area contributed by atoms with Crippen molar-refractivity contribution >= 4 is 5.91 Å². The minimum Gasteiger partial charge on any atom is -0.497 e. The van der Waals surface area contributed by atoms with Gasteiger partial charge in [0.15, 0.2) is 11.5 Å². The Bertz CT molecular complexity index is 1480. The molecule has 0 aliphatic heterocycles. The average Bonchev–Trinajstić information content (AvgIpc) is 3.39. The highest BCUT2D eigenvalue weighted by Gasteiger charge is 2.23. The van der Waals surface area contributed by atoms with Gasteiger partial charge in [-0.3, -0.25) is 4.79 Å². The predicted octanol–water partition coefficient (Wildman–Crippen LogP) is 5.51. The Hall–Kier alpha value is -4.46. The van der Waals surface area contributed by atoms with Gasteiger partial charge in [-0.05, 0) is 67.8 Å². The van der Waals surface area contributed by atoms with Crippen LogP contribution in [-0.2, 0) is 6.42 Å². The van der Waals surface area contributed by atoms with Crippen LogP contribution < -0.4 is 18.9 Å². The monoisotopic (exact) mass is 529 g/mol. The van der Waals surface area contributed by atoms with Crippen molar-refractivity contribution in [2.24, 2.45) is 0 Å². The minimum absolute atomic E-state index is 0.137. The summed E-state index contributed by atoms with van der Waals surface area (Å²) < 4.78 is 23.5. The molecule has 0 radical (unpaired) electrons. The van der Waals surface area contributed by atoms with Gasteiger partial charge >= 0.3 is 0 Å². The molecule has 0 spiro atoms. The van der Waals surface area contributed by atoms with Gasteiger partial charge in [-0.15, -0.1) is 0 Å². The van der Waals surface area contributed by atoms with Crippen LogP contribution in [0.15, 0.2) is 60.7 Å². The van der Waals surface area contributed by atoms with Crippen LogP contribution in [-0.4, -0.2) is 62.6 Å². The highest BCUT2D eigenvalue weighted by molar-refractivity contribution is 5.94. The minimum atomic E-state index is -0.137. The number of likely N-dealkylation sites (N-methyl/N-ethyl adjacent to an activating group) is 1. The Morgan fingerprint density at radius 1 is 0.821 bits per heavy atom. The Labute approximate surface area is 229 Å². The second kappa shape index (κ2) is 11.9. The normalized spacial score (nSPS) is 10.7. The van der Waals surface area contributed by atoms with Crippen molar-refractivity contribution in [2.75, 3.05) is 42.0 Å². The van der Waals surface area contributed by atoms with Crippen molar-refractivity contribution in [1.29, 1.82) is 0 Å². The summed E-state index contributed by atoms with van der Waals surface area (Å²) in [5, 5.41) is 4.89. The number of methoxy groups -OCH3 is 4. The number of nitrogens with zero attached hydrogens (tertiary/aromatic N) is 3. The van der Waals surface area contributed by atoms with E-state index < -0.39 is 0 Å². The number of ether oxygens (including phenoxy) is 4. The number of carbonyl (C=O) groups is 1. The summed E-state index contributed by atoms with van der Waals surface area (Å²) >= 11 is 0. The Balaban J connectivity index is 1.69. The first-order chi connectivity index (χ1) is 18.8. The van der Waals surface area contributed by atoms with Gasteiger partial charge in [0.25, 0.3) is 5.91 Å². The summed E-state index contributed by atoms with van der Waals surface area (Å²) in [6.45, 7) is 4.57. The zero-order valence-electron chi connectivity index (χ0n) is 23.6. The number of aryl methyl sites for hydroxylation is 2. The molecule has 0 N–H and O–H groups in total. The molecular formula is C31H35N3O5. The number of rotatable bonds is 10. The van der Waals surface area contributed by atoms with Crippen molar-refractivity contribution in [2.45, 2.75) is 20.3 Å². The molecule has 4 rings (SSSR count). The van der Waals surface area contributed by atoms with Gasteiger partial charge in [-0.2, -0.15) is 5.10 Å². The molecular weight excluding hydrogens is 494 g/mol. The van der Waals surface area contributed by atoms with Gasteiger partial charge in [0.05, 0.1) is 39.8 Å². The van der Waals surface area contributed by atoms with Crippen molar-refractivity contribution in [3.63, 3.8) is 0 Å². The molecule has 1 heterocycles. The van der Waals surface area contributed by atoms with E-state index in [0.717, 1.165) is 27.9 Å². The van der Waals surface area contributed by atoms with E-state index in [0.29, 0.717) is 47.4 Å². The molecule has 0 atom stereocenters. The summed E-state index contributed by atoms with van der Waals surface area (Å²) in [5.74, 6) is 2.48. The first kappa shape index (κ1) is 27.6. The van der Waals surface area contributed by atoms with E-state index >= 15 is 0 Å². The molecule has 0 saturated carbocycles. The maximum atomic E-state index is 13.8. The first-order valence-corrected chi connectivity index (χ1v) is 12.7. The molecule has 4 aromatic rings. The second-order valence-electron chi connectivity index (χ2n) is 9.35. The SMILES string of the molecule is COc1ccc(-c2cc(C(=O)N(C)CCc3ccc(OC)c(OC)c3)n(-c3ccc(C)cc3C)n2)c(OC)c1. The van der Waals surface area contributed by atoms with Crippen molar-refractivity contribution in [3.8, 4) is 39.9 Å². The lowest BCUT2D eigenvalue weighted by atomic mass is 10.1. The summed E-state index contributed by atoms with van der Waals surface area (Å²) in [6, 6.07) is 19.3. The Morgan fingerprint density at radius 3 is 2.23 bits per heavy atom. The van der Waals surface area contributed by atoms with Crippen LogP contribution in [0.4, 0.5) is 0 Å². The molecule has 1 aromatic heterocycles. The third-order valence-corrected chi connectivity index (χ3v) is 6.72. The molecule has 8 heteroatoms. The number of benzene rings is 3. The van der Waals surface area contributed by atoms with E-state index in [4.69, 9.17) is 24.0 Å². The third kappa shape index (κ3) is 5.85. The smallest absolute Gasteiger partial charge is 0.272 e. The number of hydrogen-bond acceptors (Lipinski definition) is 6. The molecule has 204 valence electrons. The average molecular weight is 530 g/mol. The van der Waals surface area contributed by atoms with E-state index in [9.17, 15) is 4.79 Å². The summed E-state index contributed by atoms with van der Waals surface area (Å²) in [7, 11) is 8.24. The van der Waals surface area contributed by atoms with Crippen LogP contribution >= 0.6 is 0 Å². The number of hydrogen-bond donors (Lipinski definition) is 0. The lowest BCUT2D eigenvalue weighted by molar-refractivity contribution is 0.0787. The van der Waals surface area contributed by atoms with Gasteiger partial charge in [0.2, 0.25) is 0 Å². The zero-order chi connectivity index (χ0) is 28.1. The van der Waals surface area contributed by atoms with Gasteiger partial charge in [-0.1, -0.05) is 23.8 Å². The van der Waals surface area contributed by atoms with Crippen LogP contribution in [0.5, 0.6) is 23.0 Å². The zero-order valence-corrected chi connectivity index (χ0v) is 23.6. The lowest BCUT2D eigenvalue weighted by Gasteiger charge is -2.19. The molecule has 3 aromatic carbocycles. The highest BCUT2D eigenvalue weighted by Crippen LogP contribution is 2.34. The Kier molecular flexibility index (Phi) is 8.44. The summed E-state index contributed by atoms with van der Waals surface area (Å²) in [6.07, 6.45) is 0.652. The van der Waals surface area contributed by atoms with Crippen molar-refractivity contribution in [1.82, 2.24) is 14.7 Å². The molecule has 0 saturated heterocycles. The van der Waals surface area contributed by atoms with Crippen LogP contribution in [0, 0.1) is 13.8 Å². The Morgan fingerprint density at radius 2 is 1.56 bits per heavy atom. The van der Waals surface area contributed by atoms with Gasteiger partial charge < -0.3 is 23.8 Å². The largest absolute Gasteiger partial charge is 0.497 e. The topological polar surface area (TPSA) is 75.0 Å². The summed E-state index contributed by atoms with van der Waals surface area (Å²) in [5.41, 5.74) is 5.91. The summed E-state index contributed by atoms with van der Waals surface area (Å²) in [4.78, 5) is 15.5. The van der Waals surface area contributed by atoms with Crippen molar-refractivity contribution < 1.29 is 23.7 Å². The van der Waals surface area contributed by atoms with Crippen LogP contribution in [0.25, 0.3) is 16.9 Å². The first-order valence-electron chi connectivity index (χ1n) is 12.7. The van der Waals surface area contributed by atoms with Gasteiger partial charge in [0, 0.05) is 25.2 Å². The number of carbonyl (C=O) groups excluding carboxylic acids is 1. The number of aromatic nitrogens is 2. The lowest BCUT2D eigenvalue weighted by Crippen LogP contribution is -2.30. The van der Waals surface area contributed by atoms with E-state index in [-0.39, 0.29) is 5.91 Å². The fourth-order valence-electron chi connectivity index (χ4n) is 4.53. The standard InChI is InChI=1S/C31H35N3O5/c1-20-8-12-26(21(2)16-20)34-27(19-25(32-34)24-11-10-23(36-4)18-29(24)38-6)31(35)33(3)15-14-22-9-13-28(37-5)30(17-22)39-7/h8-13,16-19H,14-15H2,1-7H3. The second-order valence-corrected chi connectivity index (χ2v) is 9.35. The van der Waals surface area contributed by atoms with E-state index in [2.05, 4.69) is 6.07 Å². The highest BCUT2D eigenvalue weighted by atomic mass is 16.5. The molecule has 8 nitrogen and oxygen atoms in total. The van der Waals surface area contributed by atoms with Crippen LogP contribution in [0.1, 0.15) is 27.2 Å². The van der Waals surface area contributed by atoms with Crippen molar-refractivity contribution in [3.05, 3.63) is 83.0 Å². The maximum absolute atomic E-state index is 13.8. The molecule has 1 amide bonds. The van der Waals surface area contributed by atoms with Gasteiger partial charge in [0.1, 0.15) is 17.2 Å². The molecule has 0 unspecified atom stereocenters. The number of amides is 1. The fraction of sp³-hybridized carbons (Fsp3) is 0.290. The molecule has 0 bridgehead atoms. The molecule has 39 heavy (non-hydrogen) atoms. The van der Waals surface area contributed by atoms with E-state index in [1.807, 2.05) is 68.4 Å². The molecule has 0 aliphatic carbocycles.